The Bertz CT molecular complexity index is 512. The van der Waals surface area contributed by atoms with Gasteiger partial charge in [0.15, 0.2) is 0 Å². The first-order valence-corrected chi connectivity index (χ1v) is 8.77. The van der Waals surface area contributed by atoms with E-state index in [1.165, 1.54) is 19.3 Å². The number of nitrogen functional groups attached to an aromatic ring is 1. The minimum atomic E-state index is 0.258. The highest BCUT2D eigenvalue weighted by molar-refractivity contribution is 5.78. The summed E-state index contributed by atoms with van der Waals surface area (Å²) in [4.78, 5) is 22.7. The van der Waals surface area contributed by atoms with Gasteiger partial charge in [-0.3, -0.25) is 9.69 Å². The molecule has 1 aromatic heterocycles. The molecule has 126 valence electrons. The monoisotopic (exact) mass is 317 g/mol. The minimum absolute atomic E-state index is 0.258. The van der Waals surface area contributed by atoms with Crippen LogP contribution in [0.1, 0.15) is 44.1 Å². The summed E-state index contributed by atoms with van der Waals surface area (Å²) in [6.45, 7) is 3.75. The molecule has 3 rings (SSSR count). The van der Waals surface area contributed by atoms with E-state index in [1.54, 1.807) is 12.4 Å². The summed E-state index contributed by atoms with van der Waals surface area (Å²) >= 11 is 0. The van der Waals surface area contributed by atoms with E-state index >= 15 is 0 Å². The molecular weight excluding hydrogens is 290 g/mol. The third kappa shape index (κ3) is 4.64. The zero-order valence-corrected chi connectivity index (χ0v) is 13.7. The van der Waals surface area contributed by atoms with E-state index in [-0.39, 0.29) is 11.8 Å². The molecule has 1 aromatic rings. The molecule has 1 unspecified atom stereocenters. The fraction of sp³-hybridized carbons (Fsp3) is 0.706. The van der Waals surface area contributed by atoms with Crippen molar-refractivity contribution >= 4 is 11.9 Å². The van der Waals surface area contributed by atoms with Crippen LogP contribution in [0.4, 0.5) is 5.95 Å². The van der Waals surface area contributed by atoms with Crippen LogP contribution in [0.5, 0.6) is 0 Å². The molecule has 1 aliphatic heterocycles. The summed E-state index contributed by atoms with van der Waals surface area (Å²) in [7, 11) is 0. The van der Waals surface area contributed by atoms with Crippen LogP contribution in [0.15, 0.2) is 12.4 Å². The van der Waals surface area contributed by atoms with E-state index in [9.17, 15) is 4.79 Å². The van der Waals surface area contributed by atoms with Gasteiger partial charge in [0, 0.05) is 43.5 Å². The van der Waals surface area contributed by atoms with Crippen molar-refractivity contribution in [2.45, 2.75) is 45.1 Å². The van der Waals surface area contributed by atoms with Crippen molar-refractivity contribution in [3.05, 3.63) is 18.0 Å². The fourth-order valence-electron chi connectivity index (χ4n) is 3.68. The number of carbonyl (C=O) groups is 1. The van der Waals surface area contributed by atoms with Gasteiger partial charge in [0.05, 0.1) is 0 Å². The molecule has 1 aliphatic carbocycles. The average Bonchev–Trinajstić information content (AvgIpc) is 3.03. The maximum atomic E-state index is 12.2. The zero-order valence-electron chi connectivity index (χ0n) is 13.7. The van der Waals surface area contributed by atoms with Crippen LogP contribution >= 0.6 is 0 Å². The molecule has 0 spiro atoms. The van der Waals surface area contributed by atoms with Gasteiger partial charge in [0.1, 0.15) is 0 Å². The van der Waals surface area contributed by atoms with Crippen LogP contribution in [0.25, 0.3) is 0 Å². The molecule has 0 bridgehead atoms. The Morgan fingerprint density at radius 2 is 1.96 bits per heavy atom. The van der Waals surface area contributed by atoms with Gasteiger partial charge in [0.25, 0.3) is 0 Å². The number of carbonyl (C=O) groups excluding carboxylic acids is 1. The van der Waals surface area contributed by atoms with Crippen LogP contribution in [0.3, 0.4) is 0 Å². The van der Waals surface area contributed by atoms with Gasteiger partial charge in [-0.05, 0) is 31.7 Å². The lowest BCUT2D eigenvalue weighted by molar-refractivity contribution is -0.126. The van der Waals surface area contributed by atoms with Crippen molar-refractivity contribution in [1.29, 1.82) is 0 Å². The molecule has 0 radical (unpaired) electrons. The summed E-state index contributed by atoms with van der Waals surface area (Å²) in [6, 6.07) is 0. The zero-order chi connectivity index (χ0) is 16.1. The maximum Gasteiger partial charge on any atom is 0.223 e. The smallest absolute Gasteiger partial charge is 0.223 e. The van der Waals surface area contributed by atoms with E-state index in [2.05, 4.69) is 20.2 Å². The first-order chi connectivity index (χ1) is 11.2. The van der Waals surface area contributed by atoms with Crippen LogP contribution < -0.4 is 11.1 Å². The van der Waals surface area contributed by atoms with Gasteiger partial charge < -0.3 is 11.1 Å². The van der Waals surface area contributed by atoms with Crippen molar-refractivity contribution in [2.75, 3.05) is 25.4 Å². The topological polar surface area (TPSA) is 84.1 Å². The molecule has 2 aliphatic rings. The lowest BCUT2D eigenvalue weighted by Gasteiger charge is -2.22. The second-order valence-corrected chi connectivity index (χ2v) is 6.92. The number of anilines is 1. The second-order valence-electron chi connectivity index (χ2n) is 6.92. The van der Waals surface area contributed by atoms with Crippen molar-refractivity contribution in [3.8, 4) is 0 Å². The predicted molar refractivity (Wildman–Crippen MR) is 89.4 cm³/mol. The van der Waals surface area contributed by atoms with E-state index in [0.717, 1.165) is 51.0 Å². The maximum absolute atomic E-state index is 12.2. The quantitative estimate of drug-likeness (QED) is 0.861. The fourth-order valence-corrected chi connectivity index (χ4v) is 3.68. The highest BCUT2D eigenvalue weighted by Gasteiger charge is 2.25. The average molecular weight is 317 g/mol. The number of aromatic nitrogens is 2. The van der Waals surface area contributed by atoms with Gasteiger partial charge in [-0.1, -0.05) is 19.3 Å². The summed E-state index contributed by atoms with van der Waals surface area (Å²) in [5.74, 6) is 1.40. The van der Waals surface area contributed by atoms with E-state index in [4.69, 9.17) is 5.73 Å². The second kappa shape index (κ2) is 7.73. The van der Waals surface area contributed by atoms with Crippen LogP contribution in [-0.4, -0.2) is 40.4 Å². The van der Waals surface area contributed by atoms with E-state index in [0.29, 0.717) is 11.9 Å². The molecule has 23 heavy (non-hydrogen) atoms. The Balaban J connectivity index is 1.39. The Kier molecular flexibility index (Phi) is 5.43. The standard InChI is InChI=1S/C17H27N5O/c18-17-20-9-14(10-21-17)12-22-7-6-13(11-22)8-19-16(23)15-4-2-1-3-5-15/h9-10,13,15H,1-8,11-12H2,(H,19,23)(H2,18,20,21). The summed E-state index contributed by atoms with van der Waals surface area (Å²) < 4.78 is 0. The molecule has 2 heterocycles. The Morgan fingerprint density at radius 1 is 1.22 bits per heavy atom. The van der Waals surface area contributed by atoms with E-state index in [1.807, 2.05) is 0 Å². The molecular formula is C17H27N5O. The van der Waals surface area contributed by atoms with Crippen molar-refractivity contribution in [2.24, 2.45) is 11.8 Å². The van der Waals surface area contributed by atoms with Gasteiger partial charge in [0.2, 0.25) is 11.9 Å². The molecule has 1 saturated heterocycles. The van der Waals surface area contributed by atoms with Gasteiger partial charge >= 0.3 is 0 Å². The summed E-state index contributed by atoms with van der Waals surface area (Å²) in [5, 5.41) is 3.18. The molecule has 6 heteroatoms. The molecule has 3 N–H and O–H groups in total. The Morgan fingerprint density at radius 3 is 2.70 bits per heavy atom. The predicted octanol–water partition coefficient (Wildman–Crippen LogP) is 1.58. The normalized spacial score (nSPS) is 23.0. The van der Waals surface area contributed by atoms with Crippen LogP contribution in [0.2, 0.25) is 0 Å². The highest BCUT2D eigenvalue weighted by atomic mass is 16.1. The Hall–Kier alpha value is -1.69. The van der Waals surface area contributed by atoms with Crippen LogP contribution in [-0.2, 0) is 11.3 Å². The highest BCUT2D eigenvalue weighted by Crippen LogP contribution is 2.24. The molecule has 2 fully saturated rings. The van der Waals surface area contributed by atoms with Crippen molar-refractivity contribution in [3.63, 3.8) is 0 Å². The number of nitrogens with one attached hydrogen (secondary N) is 1. The van der Waals surface area contributed by atoms with Crippen molar-refractivity contribution in [1.82, 2.24) is 20.2 Å². The first-order valence-electron chi connectivity index (χ1n) is 8.77. The van der Waals surface area contributed by atoms with Crippen LogP contribution in [0, 0.1) is 11.8 Å². The number of hydrogen-bond acceptors (Lipinski definition) is 5. The molecule has 1 amide bonds. The van der Waals surface area contributed by atoms with Gasteiger partial charge in [-0.2, -0.15) is 0 Å². The number of rotatable bonds is 5. The van der Waals surface area contributed by atoms with Gasteiger partial charge in [-0.25, -0.2) is 9.97 Å². The number of amides is 1. The summed E-state index contributed by atoms with van der Waals surface area (Å²) in [6.07, 6.45) is 10.6. The third-order valence-corrected chi connectivity index (χ3v) is 5.04. The van der Waals surface area contributed by atoms with E-state index < -0.39 is 0 Å². The Labute approximate surface area is 137 Å². The lowest BCUT2D eigenvalue weighted by Crippen LogP contribution is -2.36. The van der Waals surface area contributed by atoms with Crippen molar-refractivity contribution < 1.29 is 4.79 Å². The number of nitrogens with two attached hydrogens (primary N) is 1. The summed E-state index contributed by atoms with van der Waals surface area (Å²) in [5.41, 5.74) is 6.60. The van der Waals surface area contributed by atoms with Gasteiger partial charge in [-0.15, -0.1) is 0 Å². The molecule has 6 nitrogen and oxygen atoms in total. The molecule has 1 saturated carbocycles. The number of likely N-dealkylation sites (tertiary alicyclic amines) is 1. The molecule has 1 atom stereocenters. The largest absolute Gasteiger partial charge is 0.368 e. The molecule has 0 aromatic carbocycles. The lowest BCUT2D eigenvalue weighted by atomic mass is 9.88. The third-order valence-electron chi connectivity index (χ3n) is 5.04. The minimum Gasteiger partial charge on any atom is -0.368 e. The first kappa shape index (κ1) is 16.2. The number of nitrogens with zero attached hydrogens (tertiary/aromatic N) is 3. The number of hydrogen-bond donors (Lipinski definition) is 2. The SMILES string of the molecule is Nc1ncc(CN2CCC(CNC(=O)C3CCCCC3)C2)cn1.